The monoisotopic (exact) mass is 295 g/mol. The lowest BCUT2D eigenvalue weighted by Gasteiger charge is -2.13. The Morgan fingerprint density at radius 1 is 1.09 bits per heavy atom. The fourth-order valence-corrected chi connectivity index (χ4v) is 2.13. The summed E-state index contributed by atoms with van der Waals surface area (Å²) in [5, 5.41) is 3.41. The standard InChI is InChI=1S/C19H21NO2/c1-4-11-22-18-10-9-16(13-19(18)21-5-2)14-20-17-8-6-7-15(3)12-17/h1,6-10,12-13,20H,5,11,14H2,2-3H3. The van der Waals surface area contributed by atoms with Gasteiger partial charge in [0.25, 0.3) is 0 Å². The summed E-state index contributed by atoms with van der Waals surface area (Å²) in [5.74, 6) is 3.87. The molecule has 0 amide bonds. The van der Waals surface area contributed by atoms with Crippen LogP contribution in [0.15, 0.2) is 42.5 Å². The summed E-state index contributed by atoms with van der Waals surface area (Å²) < 4.78 is 11.1. The molecule has 0 fully saturated rings. The van der Waals surface area contributed by atoms with Crippen LogP contribution >= 0.6 is 0 Å². The number of hydrogen-bond donors (Lipinski definition) is 1. The summed E-state index contributed by atoms with van der Waals surface area (Å²) in [6.07, 6.45) is 5.23. The highest BCUT2D eigenvalue weighted by molar-refractivity contribution is 5.48. The molecule has 2 rings (SSSR count). The molecule has 0 saturated carbocycles. The quantitative estimate of drug-likeness (QED) is 0.783. The molecule has 0 bridgehead atoms. The van der Waals surface area contributed by atoms with Crippen molar-refractivity contribution < 1.29 is 9.47 Å². The van der Waals surface area contributed by atoms with Crippen molar-refractivity contribution in [1.29, 1.82) is 0 Å². The van der Waals surface area contributed by atoms with E-state index >= 15 is 0 Å². The van der Waals surface area contributed by atoms with Gasteiger partial charge >= 0.3 is 0 Å². The SMILES string of the molecule is C#CCOc1ccc(CNc2cccc(C)c2)cc1OCC. The van der Waals surface area contributed by atoms with Crippen molar-refractivity contribution in [2.45, 2.75) is 20.4 Å². The molecule has 0 unspecified atom stereocenters. The number of terminal acetylenes is 1. The first kappa shape index (κ1) is 15.8. The molecule has 0 aromatic heterocycles. The Bertz CT molecular complexity index is 659. The molecular weight excluding hydrogens is 274 g/mol. The third kappa shape index (κ3) is 4.46. The largest absolute Gasteiger partial charge is 0.490 e. The second-order valence-corrected chi connectivity index (χ2v) is 4.93. The molecule has 2 aromatic carbocycles. The van der Waals surface area contributed by atoms with Crippen LogP contribution in [-0.4, -0.2) is 13.2 Å². The Morgan fingerprint density at radius 2 is 1.95 bits per heavy atom. The van der Waals surface area contributed by atoms with Gasteiger partial charge in [0.05, 0.1) is 6.61 Å². The maximum absolute atomic E-state index is 5.62. The molecule has 0 aliphatic carbocycles. The number of nitrogens with one attached hydrogen (secondary N) is 1. The molecular formula is C19H21NO2. The minimum absolute atomic E-state index is 0.237. The van der Waals surface area contributed by atoms with Crippen molar-refractivity contribution in [1.82, 2.24) is 0 Å². The van der Waals surface area contributed by atoms with Gasteiger partial charge in [-0.2, -0.15) is 0 Å². The van der Waals surface area contributed by atoms with Gasteiger partial charge in [-0.3, -0.25) is 0 Å². The van der Waals surface area contributed by atoms with E-state index in [0.29, 0.717) is 12.4 Å². The molecule has 0 heterocycles. The second kappa shape index (κ2) is 7.99. The number of benzene rings is 2. The van der Waals surface area contributed by atoms with Crippen molar-refractivity contribution in [3.8, 4) is 23.8 Å². The average Bonchev–Trinajstić information content (AvgIpc) is 2.52. The summed E-state index contributed by atoms with van der Waals surface area (Å²) >= 11 is 0. The maximum atomic E-state index is 5.62. The van der Waals surface area contributed by atoms with Gasteiger partial charge < -0.3 is 14.8 Å². The van der Waals surface area contributed by atoms with E-state index in [1.165, 1.54) is 5.56 Å². The fourth-order valence-electron chi connectivity index (χ4n) is 2.13. The Hall–Kier alpha value is -2.60. The number of anilines is 1. The first-order valence-electron chi connectivity index (χ1n) is 7.35. The first-order valence-corrected chi connectivity index (χ1v) is 7.35. The highest BCUT2D eigenvalue weighted by Crippen LogP contribution is 2.28. The summed E-state index contributed by atoms with van der Waals surface area (Å²) in [6.45, 7) is 5.57. The minimum Gasteiger partial charge on any atom is -0.490 e. The summed E-state index contributed by atoms with van der Waals surface area (Å²) in [4.78, 5) is 0. The normalized spacial score (nSPS) is 9.86. The molecule has 0 radical (unpaired) electrons. The number of rotatable bonds is 7. The predicted octanol–water partition coefficient (Wildman–Crippen LogP) is 4.02. The third-order valence-electron chi connectivity index (χ3n) is 3.13. The average molecular weight is 295 g/mol. The van der Waals surface area contributed by atoms with Crippen LogP contribution in [0.1, 0.15) is 18.1 Å². The van der Waals surface area contributed by atoms with Crippen LogP contribution in [0.2, 0.25) is 0 Å². The van der Waals surface area contributed by atoms with Crippen LogP contribution in [0.4, 0.5) is 5.69 Å². The van der Waals surface area contributed by atoms with Crippen LogP contribution in [0.5, 0.6) is 11.5 Å². The lowest BCUT2D eigenvalue weighted by molar-refractivity contribution is 0.299. The fraction of sp³-hybridized carbons (Fsp3) is 0.263. The third-order valence-corrected chi connectivity index (χ3v) is 3.13. The zero-order chi connectivity index (χ0) is 15.8. The van der Waals surface area contributed by atoms with E-state index in [9.17, 15) is 0 Å². The van der Waals surface area contributed by atoms with E-state index in [0.717, 1.165) is 23.5 Å². The smallest absolute Gasteiger partial charge is 0.162 e. The van der Waals surface area contributed by atoms with Crippen LogP contribution in [0.3, 0.4) is 0 Å². The minimum atomic E-state index is 0.237. The molecule has 0 atom stereocenters. The topological polar surface area (TPSA) is 30.5 Å². The van der Waals surface area contributed by atoms with Crippen LogP contribution in [-0.2, 0) is 6.54 Å². The molecule has 1 N–H and O–H groups in total. The second-order valence-electron chi connectivity index (χ2n) is 4.93. The van der Waals surface area contributed by atoms with Crippen LogP contribution < -0.4 is 14.8 Å². The van der Waals surface area contributed by atoms with Crippen molar-refractivity contribution in [2.24, 2.45) is 0 Å². The van der Waals surface area contributed by atoms with E-state index in [1.54, 1.807) is 0 Å². The Labute approximate surface area is 132 Å². The highest BCUT2D eigenvalue weighted by Gasteiger charge is 2.06. The molecule has 3 nitrogen and oxygen atoms in total. The van der Waals surface area contributed by atoms with E-state index in [4.69, 9.17) is 15.9 Å². The van der Waals surface area contributed by atoms with Gasteiger partial charge in [-0.05, 0) is 49.2 Å². The molecule has 22 heavy (non-hydrogen) atoms. The van der Waals surface area contributed by atoms with Crippen LogP contribution in [0.25, 0.3) is 0 Å². The maximum Gasteiger partial charge on any atom is 0.162 e. The molecule has 0 aliphatic rings. The number of aryl methyl sites for hydroxylation is 1. The van der Waals surface area contributed by atoms with Gasteiger partial charge in [0.2, 0.25) is 0 Å². The van der Waals surface area contributed by atoms with Gasteiger partial charge in [-0.15, -0.1) is 6.42 Å². The molecule has 114 valence electrons. The zero-order valence-corrected chi connectivity index (χ0v) is 13.1. The number of ether oxygens (including phenoxy) is 2. The van der Waals surface area contributed by atoms with Crippen molar-refractivity contribution in [2.75, 3.05) is 18.5 Å². The lowest BCUT2D eigenvalue weighted by Crippen LogP contribution is -2.03. The van der Waals surface area contributed by atoms with Crippen molar-refractivity contribution in [3.05, 3.63) is 53.6 Å². The van der Waals surface area contributed by atoms with E-state index < -0.39 is 0 Å². The van der Waals surface area contributed by atoms with Crippen LogP contribution in [0, 0.1) is 19.3 Å². The zero-order valence-electron chi connectivity index (χ0n) is 13.1. The van der Waals surface area contributed by atoms with Gasteiger partial charge in [-0.1, -0.05) is 24.1 Å². The molecule has 0 aliphatic heterocycles. The van der Waals surface area contributed by atoms with Gasteiger partial charge in [0, 0.05) is 12.2 Å². The van der Waals surface area contributed by atoms with Gasteiger partial charge in [-0.25, -0.2) is 0 Å². The van der Waals surface area contributed by atoms with Gasteiger partial charge in [0.1, 0.15) is 6.61 Å². The molecule has 0 spiro atoms. The van der Waals surface area contributed by atoms with E-state index in [-0.39, 0.29) is 6.61 Å². The van der Waals surface area contributed by atoms with E-state index in [2.05, 4.69) is 36.4 Å². The lowest BCUT2D eigenvalue weighted by atomic mass is 10.2. The van der Waals surface area contributed by atoms with Gasteiger partial charge in [0.15, 0.2) is 11.5 Å². The Kier molecular flexibility index (Phi) is 5.73. The summed E-state index contributed by atoms with van der Waals surface area (Å²) in [7, 11) is 0. The van der Waals surface area contributed by atoms with Crippen molar-refractivity contribution in [3.63, 3.8) is 0 Å². The summed E-state index contributed by atoms with van der Waals surface area (Å²) in [5.41, 5.74) is 3.46. The Morgan fingerprint density at radius 3 is 2.68 bits per heavy atom. The highest BCUT2D eigenvalue weighted by atomic mass is 16.5. The molecule has 2 aromatic rings. The summed E-state index contributed by atoms with van der Waals surface area (Å²) in [6, 6.07) is 14.2. The first-order chi connectivity index (χ1) is 10.7. The van der Waals surface area contributed by atoms with Crippen molar-refractivity contribution >= 4 is 5.69 Å². The molecule has 0 saturated heterocycles. The predicted molar refractivity (Wildman–Crippen MR) is 90.4 cm³/mol. The Balaban J connectivity index is 2.07. The van der Waals surface area contributed by atoms with E-state index in [1.807, 2.05) is 31.2 Å². The number of hydrogen-bond acceptors (Lipinski definition) is 3. The molecule has 3 heteroatoms.